The molecule has 5 nitrogen and oxygen atoms in total. The van der Waals surface area contributed by atoms with Gasteiger partial charge in [-0.2, -0.15) is 0 Å². The zero-order valence-electron chi connectivity index (χ0n) is 14.6. The maximum absolute atomic E-state index is 12.4. The van der Waals surface area contributed by atoms with E-state index in [1.807, 2.05) is 18.2 Å². The van der Waals surface area contributed by atoms with Crippen molar-refractivity contribution < 1.29 is 19.2 Å². The van der Waals surface area contributed by atoms with Crippen LogP contribution in [-0.2, 0) is 17.8 Å². The highest BCUT2D eigenvalue weighted by atomic mass is 16.5. The Bertz CT molecular complexity index is 712. The summed E-state index contributed by atoms with van der Waals surface area (Å²) in [5.74, 6) is 0.594. The first-order chi connectivity index (χ1) is 12.3. The molecule has 1 amide bonds. The molecule has 2 N–H and O–H groups in total. The number of morpholine rings is 1. The highest BCUT2D eigenvalue weighted by molar-refractivity contribution is 5.94. The molecule has 1 fully saturated rings. The summed E-state index contributed by atoms with van der Waals surface area (Å²) in [4.78, 5) is 13.9. The van der Waals surface area contributed by atoms with Crippen molar-refractivity contribution in [2.75, 3.05) is 33.4 Å². The van der Waals surface area contributed by atoms with E-state index in [1.165, 1.54) is 10.5 Å². The van der Waals surface area contributed by atoms with E-state index in [4.69, 9.17) is 9.47 Å². The van der Waals surface area contributed by atoms with Crippen molar-refractivity contribution >= 4 is 5.91 Å². The standard InChI is InChI=1S/C20H24N2O3/c1-24-19-8-4-7-16(13-19)20(23)21-14-17-5-2-3-6-18(17)15-22-9-11-25-12-10-22/h2-8,13H,9-12,14-15H2,1H3,(H,21,23)/p+1. The number of benzene rings is 2. The molecule has 2 aromatic carbocycles. The lowest BCUT2D eigenvalue weighted by Crippen LogP contribution is -3.12. The van der Waals surface area contributed by atoms with E-state index in [9.17, 15) is 4.79 Å². The van der Waals surface area contributed by atoms with E-state index < -0.39 is 0 Å². The minimum Gasteiger partial charge on any atom is -0.497 e. The molecule has 0 atom stereocenters. The number of carbonyl (C=O) groups is 1. The molecule has 1 aliphatic rings. The summed E-state index contributed by atoms with van der Waals surface area (Å²) in [7, 11) is 1.60. The first-order valence-electron chi connectivity index (χ1n) is 8.66. The van der Waals surface area contributed by atoms with Crippen molar-refractivity contribution in [3.05, 3.63) is 65.2 Å². The van der Waals surface area contributed by atoms with E-state index >= 15 is 0 Å². The number of amides is 1. The van der Waals surface area contributed by atoms with Crippen molar-refractivity contribution in [2.24, 2.45) is 0 Å². The Hall–Kier alpha value is -2.37. The molecule has 2 aromatic rings. The Balaban J connectivity index is 1.63. The number of methoxy groups -OCH3 is 1. The molecule has 25 heavy (non-hydrogen) atoms. The second-order valence-corrected chi connectivity index (χ2v) is 6.22. The summed E-state index contributed by atoms with van der Waals surface area (Å²) in [6.07, 6.45) is 0. The molecule has 0 saturated carbocycles. The van der Waals surface area contributed by atoms with Gasteiger partial charge in [0.1, 0.15) is 25.4 Å². The lowest BCUT2D eigenvalue weighted by molar-refractivity contribution is -0.921. The molecule has 1 aliphatic heterocycles. The summed E-state index contributed by atoms with van der Waals surface area (Å²) in [5.41, 5.74) is 3.05. The number of ether oxygens (including phenoxy) is 2. The minimum absolute atomic E-state index is 0.0903. The van der Waals surface area contributed by atoms with Crippen molar-refractivity contribution in [1.82, 2.24) is 5.32 Å². The SMILES string of the molecule is COc1cccc(C(=O)NCc2ccccc2C[NH+]2CCOCC2)c1. The topological polar surface area (TPSA) is 52.0 Å². The lowest BCUT2D eigenvalue weighted by Gasteiger charge is -2.24. The van der Waals surface area contributed by atoms with Gasteiger partial charge in [-0.1, -0.05) is 30.3 Å². The van der Waals surface area contributed by atoms with Crippen molar-refractivity contribution in [3.63, 3.8) is 0 Å². The minimum atomic E-state index is -0.0903. The molecule has 132 valence electrons. The number of carbonyl (C=O) groups excluding carboxylic acids is 1. The second kappa shape index (κ2) is 8.65. The highest BCUT2D eigenvalue weighted by Crippen LogP contribution is 2.13. The van der Waals surface area contributed by atoms with Crippen LogP contribution < -0.4 is 15.0 Å². The van der Waals surface area contributed by atoms with Gasteiger partial charge in [-0.15, -0.1) is 0 Å². The Labute approximate surface area is 148 Å². The van der Waals surface area contributed by atoms with Crippen LogP contribution in [0.25, 0.3) is 0 Å². The maximum atomic E-state index is 12.4. The van der Waals surface area contributed by atoms with E-state index in [1.54, 1.807) is 19.2 Å². The largest absolute Gasteiger partial charge is 0.497 e. The van der Waals surface area contributed by atoms with Crippen LogP contribution in [0, 0.1) is 0 Å². The Morgan fingerprint density at radius 2 is 1.88 bits per heavy atom. The van der Waals surface area contributed by atoms with Crippen LogP contribution in [0.3, 0.4) is 0 Å². The predicted molar refractivity (Wildman–Crippen MR) is 95.8 cm³/mol. The number of hydrogen-bond donors (Lipinski definition) is 2. The smallest absolute Gasteiger partial charge is 0.251 e. The second-order valence-electron chi connectivity index (χ2n) is 6.22. The lowest BCUT2D eigenvalue weighted by atomic mass is 10.1. The molecule has 1 saturated heterocycles. The number of nitrogens with one attached hydrogen (secondary N) is 2. The average Bonchev–Trinajstić information content (AvgIpc) is 2.68. The molecule has 0 aromatic heterocycles. The van der Waals surface area contributed by atoms with E-state index in [0.29, 0.717) is 17.9 Å². The fraction of sp³-hybridized carbons (Fsp3) is 0.350. The van der Waals surface area contributed by atoms with E-state index in [0.717, 1.165) is 38.4 Å². The predicted octanol–water partition coefficient (Wildman–Crippen LogP) is 1.04. The molecule has 5 heteroatoms. The van der Waals surface area contributed by atoms with Gasteiger partial charge in [0.15, 0.2) is 0 Å². The van der Waals surface area contributed by atoms with Crippen LogP contribution in [0.4, 0.5) is 0 Å². The highest BCUT2D eigenvalue weighted by Gasteiger charge is 2.16. The van der Waals surface area contributed by atoms with Crippen LogP contribution in [0.2, 0.25) is 0 Å². The van der Waals surface area contributed by atoms with Gasteiger partial charge in [0.2, 0.25) is 0 Å². The Kier molecular flexibility index (Phi) is 6.04. The molecule has 0 unspecified atom stereocenters. The van der Waals surface area contributed by atoms with Crippen LogP contribution in [0.15, 0.2) is 48.5 Å². The molecular formula is C20H25N2O3+. The third-order valence-electron chi connectivity index (χ3n) is 4.53. The maximum Gasteiger partial charge on any atom is 0.251 e. The van der Waals surface area contributed by atoms with Gasteiger partial charge in [-0.3, -0.25) is 4.79 Å². The zero-order valence-corrected chi connectivity index (χ0v) is 14.6. The van der Waals surface area contributed by atoms with Gasteiger partial charge in [0, 0.05) is 17.7 Å². The molecular weight excluding hydrogens is 316 g/mol. The van der Waals surface area contributed by atoms with Crippen LogP contribution in [0.1, 0.15) is 21.5 Å². The van der Waals surface area contributed by atoms with Crippen LogP contribution >= 0.6 is 0 Å². The normalized spacial score (nSPS) is 14.9. The first-order valence-corrected chi connectivity index (χ1v) is 8.66. The molecule has 0 aliphatic carbocycles. The summed E-state index contributed by atoms with van der Waals surface area (Å²) in [6.45, 7) is 5.20. The van der Waals surface area contributed by atoms with Crippen LogP contribution in [-0.4, -0.2) is 39.3 Å². The third kappa shape index (κ3) is 4.81. The Morgan fingerprint density at radius 3 is 2.64 bits per heavy atom. The number of quaternary nitrogens is 1. The fourth-order valence-electron chi connectivity index (χ4n) is 3.05. The molecule has 0 radical (unpaired) electrons. The number of rotatable bonds is 6. The summed E-state index contributed by atoms with van der Waals surface area (Å²) in [6, 6.07) is 15.5. The van der Waals surface area contributed by atoms with Gasteiger partial charge in [0.05, 0.1) is 20.3 Å². The van der Waals surface area contributed by atoms with Crippen molar-refractivity contribution in [3.8, 4) is 5.75 Å². The molecule has 0 spiro atoms. The summed E-state index contributed by atoms with van der Waals surface area (Å²) < 4.78 is 10.6. The average molecular weight is 341 g/mol. The van der Waals surface area contributed by atoms with Crippen molar-refractivity contribution in [1.29, 1.82) is 0 Å². The van der Waals surface area contributed by atoms with E-state index in [-0.39, 0.29) is 5.91 Å². The summed E-state index contributed by atoms with van der Waals surface area (Å²) >= 11 is 0. The van der Waals surface area contributed by atoms with Gasteiger partial charge in [0.25, 0.3) is 5.91 Å². The van der Waals surface area contributed by atoms with E-state index in [2.05, 4.69) is 23.5 Å². The summed E-state index contributed by atoms with van der Waals surface area (Å²) in [5, 5.41) is 3.02. The quantitative estimate of drug-likeness (QED) is 0.826. The van der Waals surface area contributed by atoms with Gasteiger partial charge in [-0.05, 0) is 23.8 Å². The zero-order chi connectivity index (χ0) is 17.5. The monoisotopic (exact) mass is 341 g/mol. The van der Waals surface area contributed by atoms with Gasteiger partial charge in [-0.25, -0.2) is 0 Å². The number of hydrogen-bond acceptors (Lipinski definition) is 3. The molecule has 0 bridgehead atoms. The Morgan fingerprint density at radius 1 is 1.12 bits per heavy atom. The fourth-order valence-corrected chi connectivity index (χ4v) is 3.05. The van der Waals surface area contributed by atoms with Crippen LogP contribution in [0.5, 0.6) is 5.75 Å². The molecule has 1 heterocycles. The van der Waals surface area contributed by atoms with Crippen molar-refractivity contribution in [2.45, 2.75) is 13.1 Å². The van der Waals surface area contributed by atoms with Gasteiger partial charge < -0.3 is 19.7 Å². The van der Waals surface area contributed by atoms with Gasteiger partial charge >= 0.3 is 0 Å². The molecule has 3 rings (SSSR count). The first kappa shape index (κ1) is 17.5. The third-order valence-corrected chi connectivity index (χ3v) is 4.53.